The van der Waals surface area contributed by atoms with Gasteiger partial charge in [0.05, 0.1) is 4.47 Å². The van der Waals surface area contributed by atoms with Crippen LogP contribution in [0.2, 0.25) is 0 Å². The Morgan fingerprint density at radius 2 is 1.78 bits per heavy atom. The van der Waals surface area contributed by atoms with E-state index in [9.17, 15) is 17.6 Å². The number of hydrogen-bond acceptors (Lipinski definition) is 1. The number of nitrogens with zero attached hydrogens (tertiary/aromatic N) is 1. The lowest BCUT2D eigenvalue weighted by Gasteiger charge is -2.31. The van der Waals surface area contributed by atoms with Crippen LogP contribution in [0, 0.1) is 11.6 Å². The molecule has 0 atom stereocenters. The van der Waals surface area contributed by atoms with Crippen molar-refractivity contribution in [3.63, 3.8) is 0 Å². The summed E-state index contributed by atoms with van der Waals surface area (Å²) in [6.45, 7) is 0.888. The molecule has 1 fully saturated rings. The third kappa shape index (κ3) is 3.23. The minimum atomic E-state index is -2.59. The first-order valence-corrected chi connectivity index (χ1v) is 6.40. The summed E-state index contributed by atoms with van der Waals surface area (Å²) in [5.41, 5.74) is 0.575. The quantitative estimate of drug-likeness (QED) is 0.587. The lowest BCUT2D eigenvalue weighted by atomic mass is 10.1. The van der Waals surface area contributed by atoms with Crippen LogP contribution in [0.15, 0.2) is 16.6 Å². The van der Waals surface area contributed by atoms with E-state index in [1.807, 2.05) is 4.90 Å². The fraction of sp³-hybridized carbons (Fsp3) is 0.500. The molecule has 0 aromatic heterocycles. The van der Waals surface area contributed by atoms with Crippen LogP contribution in [0.25, 0.3) is 0 Å². The zero-order valence-electron chi connectivity index (χ0n) is 9.53. The molecule has 1 aromatic carbocycles. The third-order valence-electron chi connectivity index (χ3n) is 3.04. The van der Waals surface area contributed by atoms with Crippen molar-refractivity contribution in [2.24, 2.45) is 0 Å². The lowest BCUT2D eigenvalue weighted by Crippen LogP contribution is -2.38. The maximum atomic E-state index is 13.2. The molecule has 18 heavy (non-hydrogen) atoms. The number of likely N-dealkylation sites (tertiary alicyclic amines) is 1. The van der Waals surface area contributed by atoms with E-state index in [4.69, 9.17) is 0 Å². The van der Waals surface area contributed by atoms with Crippen LogP contribution in [-0.2, 0) is 6.54 Å². The van der Waals surface area contributed by atoms with Gasteiger partial charge in [0.25, 0.3) is 5.92 Å². The minimum Gasteiger partial charge on any atom is -0.299 e. The third-order valence-corrected chi connectivity index (χ3v) is 3.61. The van der Waals surface area contributed by atoms with Crippen molar-refractivity contribution in [1.82, 2.24) is 4.90 Å². The Morgan fingerprint density at radius 1 is 1.17 bits per heavy atom. The van der Waals surface area contributed by atoms with E-state index in [-0.39, 0.29) is 30.4 Å². The van der Waals surface area contributed by atoms with E-state index < -0.39 is 17.6 Å². The van der Waals surface area contributed by atoms with Gasteiger partial charge in [-0.1, -0.05) is 0 Å². The first kappa shape index (κ1) is 13.8. The summed E-state index contributed by atoms with van der Waals surface area (Å²) in [6, 6.07) is 2.58. The molecule has 1 aliphatic heterocycles. The molecule has 0 spiro atoms. The van der Waals surface area contributed by atoms with Gasteiger partial charge in [-0.05, 0) is 33.6 Å². The van der Waals surface area contributed by atoms with Crippen LogP contribution < -0.4 is 0 Å². The van der Waals surface area contributed by atoms with Crippen molar-refractivity contribution in [3.05, 3.63) is 33.8 Å². The number of benzene rings is 1. The molecule has 0 N–H and O–H groups in total. The van der Waals surface area contributed by atoms with Crippen molar-refractivity contribution < 1.29 is 17.6 Å². The Morgan fingerprint density at radius 3 is 2.33 bits per heavy atom. The zero-order chi connectivity index (χ0) is 13.3. The highest BCUT2D eigenvalue weighted by atomic mass is 79.9. The van der Waals surface area contributed by atoms with Crippen molar-refractivity contribution >= 4 is 15.9 Å². The average molecular weight is 326 g/mol. The average Bonchev–Trinajstić information content (AvgIpc) is 2.29. The van der Waals surface area contributed by atoms with E-state index >= 15 is 0 Å². The predicted molar refractivity (Wildman–Crippen MR) is 63.5 cm³/mol. The second-order valence-electron chi connectivity index (χ2n) is 4.51. The fourth-order valence-electron chi connectivity index (χ4n) is 2.00. The highest BCUT2D eigenvalue weighted by molar-refractivity contribution is 9.10. The van der Waals surface area contributed by atoms with Gasteiger partial charge in [-0.3, -0.25) is 4.90 Å². The summed E-state index contributed by atoms with van der Waals surface area (Å²) in [4.78, 5) is 1.82. The van der Waals surface area contributed by atoms with E-state index in [1.54, 1.807) is 0 Å². The normalized spacial score (nSPS) is 20.1. The molecule has 0 aliphatic carbocycles. The first-order chi connectivity index (χ1) is 8.37. The van der Waals surface area contributed by atoms with E-state index in [2.05, 4.69) is 15.9 Å². The molecular weight excluding hydrogens is 314 g/mol. The fourth-order valence-corrected chi connectivity index (χ4v) is 2.48. The molecule has 1 saturated heterocycles. The summed E-state index contributed by atoms with van der Waals surface area (Å²) >= 11 is 2.93. The summed E-state index contributed by atoms with van der Waals surface area (Å²) in [5, 5.41) is 0. The zero-order valence-corrected chi connectivity index (χ0v) is 11.1. The summed E-state index contributed by atoms with van der Waals surface area (Å²) in [6.07, 6.45) is -0.365. The van der Waals surface area contributed by atoms with Crippen LogP contribution in [0.4, 0.5) is 17.6 Å². The van der Waals surface area contributed by atoms with Crippen LogP contribution in [0.5, 0.6) is 0 Å². The molecule has 100 valence electrons. The summed E-state index contributed by atoms with van der Waals surface area (Å²) in [5.74, 6) is -4.45. The van der Waals surface area contributed by atoms with Gasteiger partial charge in [0.15, 0.2) is 11.6 Å². The summed E-state index contributed by atoms with van der Waals surface area (Å²) < 4.78 is 52.2. The molecule has 1 nitrogen and oxygen atoms in total. The molecule has 1 heterocycles. The lowest BCUT2D eigenvalue weighted by molar-refractivity contribution is -0.0566. The van der Waals surface area contributed by atoms with Crippen LogP contribution >= 0.6 is 15.9 Å². The molecule has 6 heteroatoms. The van der Waals surface area contributed by atoms with Gasteiger partial charge in [-0.15, -0.1) is 0 Å². The predicted octanol–water partition coefficient (Wildman–Crippen LogP) is 3.96. The molecule has 1 aliphatic rings. The van der Waals surface area contributed by atoms with Crippen molar-refractivity contribution in [1.29, 1.82) is 0 Å². The Balaban J connectivity index is 2.03. The molecule has 1 aromatic rings. The maximum Gasteiger partial charge on any atom is 0.250 e. The highest BCUT2D eigenvalue weighted by Crippen LogP contribution is 2.29. The van der Waals surface area contributed by atoms with Gasteiger partial charge in [0.1, 0.15) is 0 Å². The largest absolute Gasteiger partial charge is 0.299 e. The highest BCUT2D eigenvalue weighted by Gasteiger charge is 2.33. The molecule has 0 bridgehead atoms. The second-order valence-corrected chi connectivity index (χ2v) is 5.36. The van der Waals surface area contributed by atoms with Crippen molar-refractivity contribution in [2.75, 3.05) is 13.1 Å². The van der Waals surface area contributed by atoms with Gasteiger partial charge in [0.2, 0.25) is 0 Å². The number of rotatable bonds is 2. The van der Waals surface area contributed by atoms with Gasteiger partial charge in [0, 0.05) is 32.5 Å². The van der Waals surface area contributed by atoms with E-state index in [0.717, 1.165) is 6.07 Å². The number of hydrogen-bond donors (Lipinski definition) is 0. The van der Waals surface area contributed by atoms with Crippen molar-refractivity contribution in [3.8, 4) is 0 Å². The maximum absolute atomic E-state index is 13.2. The molecule has 0 radical (unpaired) electrons. The molecule has 2 rings (SSSR count). The van der Waals surface area contributed by atoms with Gasteiger partial charge in [-0.25, -0.2) is 17.6 Å². The van der Waals surface area contributed by atoms with Crippen LogP contribution in [0.1, 0.15) is 18.4 Å². The van der Waals surface area contributed by atoms with Gasteiger partial charge < -0.3 is 0 Å². The van der Waals surface area contributed by atoms with Crippen molar-refractivity contribution in [2.45, 2.75) is 25.3 Å². The van der Waals surface area contributed by atoms with Gasteiger partial charge >= 0.3 is 0 Å². The second kappa shape index (κ2) is 5.17. The Kier molecular flexibility index (Phi) is 3.96. The Bertz CT molecular complexity index is 417. The minimum absolute atomic E-state index is 0.0554. The molecule has 0 amide bonds. The monoisotopic (exact) mass is 325 g/mol. The summed E-state index contributed by atoms with van der Waals surface area (Å²) in [7, 11) is 0. The number of halogens is 5. The molecular formula is C12H12BrF4N. The van der Waals surface area contributed by atoms with E-state index in [1.165, 1.54) is 6.07 Å². The molecule has 0 saturated carbocycles. The smallest absolute Gasteiger partial charge is 0.250 e. The van der Waals surface area contributed by atoms with Crippen LogP contribution in [-0.4, -0.2) is 23.9 Å². The first-order valence-electron chi connectivity index (χ1n) is 5.61. The number of piperidine rings is 1. The number of alkyl halides is 2. The standard InChI is InChI=1S/C12H12BrF4N/c13-9-5-8(6-10(14)11(9)15)7-18-3-1-12(16,17)2-4-18/h5-6H,1-4,7H2. The van der Waals surface area contributed by atoms with E-state index in [0.29, 0.717) is 12.1 Å². The van der Waals surface area contributed by atoms with Crippen LogP contribution in [0.3, 0.4) is 0 Å². The Hall–Kier alpha value is -0.620. The SMILES string of the molecule is Fc1cc(CN2CCC(F)(F)CC2)cc(Br)c1F. The Labute approximate surface area is 111 Å². The molecule has 0 unspecified atom stereocenters. The topological polar surface area (TPSA) is 3.24 Å². The van der Waals surface area contributed by atoms with Gasteiger partial charge in [-0.2, -0.15) is 0 Å².